The Balaban J connectivity index is 2.06. The van der Waals surface area contributed by atoms with E-state index in [4.69, 9.17) is 20.2 Å². The molecule has 0 aliphatic carbocycles. The van der Waals surface area contributed by atoms with Gasteiger partial charge in [0.1, 0.15) is 11.9 Å². The second-order valence-corrected chi connectivity index (χ2v) is 6.62. The normalized spacial score (nSPS) is 17.6. The second kappa shape index (κ2) is 8.39. The van der Waals surface area contributed by atoms with Crippen molar-refractivity contribution >= 4 is 28.5 Å². The molecule has 146 valence electrons. The number of Topliss-reactive ketones (excluding diaryl/α,β-unsaturated/α-hetero) is 1. The number of carbonyl (C=O) groups is 1. The van der Waals surface area contributed by atoms with Crippen LogP contribution in [0.25, 0.3) is 10.9 Å². The van der Waals surface area contributed by atoms with E-state index in [9.17, 15) is 4.79 Å². The van der Waals surface area contributed by atoms with Gasteiger partial charge in [0.25, 0.3) is 0 Å². The Hall–Kier alpha value is -2.61. The van der Waals surface area contributed by atoms with E-state index in [1.165, 1.54) is 0 Å². The molecule has 1 atom stereocenters. The monoisotopic (exact) mass is 373 g/mol. The minimum atomic E-state index is -0.288. The Morgan fingerprint density at radius 2 is 2.04 bits per heavy atom. The SMILES string of the molecule is CCCC(=O)C1CNCCCN1c1nc(N)c2cc(OC)c(OC)cc2n1. The Kier molecular flexibility index (Phi) is 5.95. The van der Waals surface area contributed by atoms with E-state index in [0.717, 1.165) is 19.4 Å². The van der Waals surface area contributed by atoms with Gasteiger partial charge in [0.05, 0.1) is 19.7 Å². The molecule has 0 spiro atoms. The van der Waals surface area contributed by atoms with Gasteiger partial charge in [-0.2, -0.15) is 4.98 Å². The third-order valence-electron chi connectivity index (χ3n) is 4.81. The molecule has 2 heterocycles. The average molecular weight is 373 g/mol. The van der Waals surface area contributed by atoms with Crippen molar-refractivity contribution in [2.24, 2.45) is 0 Å². The molecule has 0 amide bonds. The number of ether oxygens (including phenoxy) is 2. The van der Waals surface area contributed by atoms with Gasteiger partial charge in [0, 0.05) is 31.0 Å². The number of ketones is 1. The van der Waals surface area contributed by atoms with E-state index < -0.39 is 0 Å². The minimum Gasteiger partial charge on any atom is -0.493 e. The number of fused-ring (bicyclic) bond motifs is 1. The number of anilines is 2. The van der Waals surface area contributed by atoms with Gasteiger partial charge in [-0.15, -0.1) is 0 Å². The lowest BCUT2D eigenvalue weighted by Gasteiger charge is -2.29. The summed E-state index contributed by atoms with van der Waals surface area (Å²) in [5.41, 5.74) is 6.88. The summed E-state index contributed by atoms with van der Waals surface area (Å²) in [4.78, 5) is 23.8. The van der Waals surface area contributed by atoms with Crippen molar-refractivity contribution < 1.29 is 14.3 Å². The van der Waals surface area contributed by atoms with Crippen LogP contribution in [0.5, 0.6) is 11.5 Å². The van der Waals surface area contributed by atoms with Crippen LogP contribution < -0.4 is 25.4 Å². The smallest absolute Gasteiger partial charge is 0.228 e. The summed E-state index contributed by atoms with van der Waals surface area (Å²) in [5.74, 6) is 2.18. The first-order valence-electron chi connectivity index (χ1n) is 9.28. The van der Waals surface area contributed by atoms with Crippen LogP contribution in [0.2, 0.25) is 0 Å². The first kappa shape index (κ1) is 19.2. The highest BCUT2D eigenvalue weighted by Gasteiger charge is 2.29. The molecule has 27 heavy (non-hydrogen) atoms. The highest BCUT2D eigenvalue weighted by molar-refractivity contribution is 5.92. The van der Waals surface area contributed by atoms with Crippen molar-refractivity contribution in [3.63, 3.8) is 0 Å². The number of carbonyl (C=O) groups excluding carboxylic acids is 1. The predicted octanol–water partition coefficient (Wildman–Crippen LogP) is 1.77. The molecule has 3 rings (SSSR count). The van der Waals surface area contributed by atoms with E-state index in [1.807, 2.05) is 11.8 Å². The maximum atomic E-state index is 12.7. The second-order valence-electron chi connectivity index (χ2n) is 6.62. The zero-order chi connectivity index (χ0) is 19.4. The molecule has 1 fully saturated rings. The molecule has 1 aliphatic heterocycles. The molecule has 0 radical (unpaired) electrons. The zero-order valence-electron chi connectivity index (χ0n) is 16.1. The number of benzene rings is 1. The van der Waals surface area contributed by atoms with Gasteiger partial charge in [-0.25, -0.2) is 4.98 Å². The highest BCUT2D eigenvalue weighted by atomic mass is 16.5. The number of nitrogen functional groups attached to an aromatic ring is 1. The molecule has 2 aromatic rings. The Bertz CT molecular complexity index is 827. The molecule has 1 saturated heterocycles. The number of hydrogen-bond donors (Lipinski definition) is 2. The van der Waals surface area contributed by atoms with Crippen molar-refractivity contribution in [2.75, 3.05) is 44.5 Å². The molecular formula is C19H27N5O3. The van der Waals surface area contributed by atoms with Gasteiger partial charge < -0.3 is 25.4 Å². The van der Waals surface area contributed by atoms with Gasteiger partial charge in [-0.3, -0.25) is 4.79 Å². The van der Waals surface area contributed by atoms with Gasteiger partial charge >= 0.3 is 0 Å². The lowest BCUT2D eigenvalue weighted by molar-refractivity contribution is -0.120. The summed E-state index contributed by atoms with van der Waals surface area (Å²) in [6.07, 6.45) is 2.26. The number of rotatable bonds is 6. The molecule has 8 heteroatoms. The highest BCUT2D eigenvalue weighted by Crippen LogP contribution is 2.34. The average Bonchev–Trinajstić information content (AvgIpc) is 2.93. The summed E-state index contributed by atoms with van der Waals surface area (Å²) < 4.78 is 10.7. The van der Waals surface area contributed by atoms with Crippen molar-refractivity contribution in [2.45, 2.75) is 32.2 Å². The molecule has 0 saturated carbocycles. The summed E-state index contributed by atoms with van der Waals surface area (Å²) >= 11 is 0. The fourth-order valence-corrected chi connectivity index (χ4v) is 3.41. The fraction of sp³-hybridized carbons (Fsp3) is 0.526. The molecular weight excluding hydrogens is 346 g/mol. The zero-order valence-corrected chi connectivity index (χ0v) is 16.1. The molecule has 1 aliphatic rings. The Morgan fingerprint density at radius 3 is 2.74 bits per heavy atom. The molecule has 0 bridgehead atoms. The summed E-state index contributed by atoms with van der Waals surface area (Å²) in [6.45, 7) is 4.16. The Labute approximate surface area is 159 Å². The molecule has 8 nitrogen and oxygen atoms in total. The number of aromatic nitrogens is 2. The van der Waals surface area contributed by atoms with Crippen LogP contribution in [0.1, 0.15) is 26.2 Å². The van der Waals surface area contributed by atoms with Gasteiger partial charge in [-0.1, -0.05) is 6.92 Å². The van der Waals surface area contributed by atoms with Crippen LogP contribution in [0.4, 0.5) is 11.8 Å². The number of nitrogens with one attached hydrogen (secondary N) is 1. The van der Waals surface area contributed by atoms with E-state index in [1.54, 1.807) is 26.4 Å². The number of nitrogens with zero attached hydrogens (tertiary/aromatic N) is 3. The standard InChI is InChI=1S/C19H27N5O3/c1-4-6-15(25)14-11-21-7-5-8-24(14)19-22-13-10-17(27-3)16(26-2)9-12(13)18(20)23-19/h9-10,14,21H,4-8,11H2,1-3H3,(H2,20,22,23). The predicted molar refractivity (Wildman–Crippen MR) is 106 cm³/mol. The lowest BCUT2D eigenvalue weighted by Crippen LogP contribution is -2.46. The largest absolute Gasteiger partial charge is 0.493 e. The number of hydrogen-bond acceptors (Lipinski definition) is 8. The summed E-state index contributed by atoms with van der Waals surface area (Å²) in [5, 5.41) is 4.03. The van der Waals surface area contributed by atoms with Crippen molar-refractivity contribution in [3.8, 4) is 11.5 Å². The summed E-state index contributed by atoms with van der Waals surface area (Å²) in [7, 11) is 3.15. The molecule has 1 unspecified atom stereocenters. The topological polar surface area (TPSA) is 103 Å². The van der Waals surface area contributed by atoms with E-state index in [2.05, 4.69) is 10.3 Å². The minimum absolute atomic E-state index is 0.196. The van der Waals surface area contributed by atoms with Crippen LogP contribution in [0.15, 0.2) is 12.1 Å². The Morgan fingerprint density at radius 1 is 1.30 bits per heavy atom. The van der Waals surface area contributed by atoms with Crippen LogP contribution in [-0.4, -0.2) is 55.6 Å². The summed E-state index contributed by atoms with van der Waals surface area (Å²) in [6, 6.07) is 3.27. The van der Waals surface area contributed by atoms with Crippen molar-refractivity contribution in [1.82, 2.24) is 15.3 Å². The quantitative estimate of drug-likeness (QED) is 0.790. The molecule has 3 N–H and O–H groups in total. The third kappa shape index (κ3) is 3.90. The van der Waals surface area contributed by atoms with Crippen LogP contribution in [0.3, 0.4) is 0 Å². The van der Waals surface area contributed by atoms with Crippen LogP contribution in [-0.2, 0) is 4.79 Å². The van der Waals surface area contributed by atoms with Crippen LogP contribution in [0, 0.1) is 0 Å². The van der Waals surface area contributed by atoms with E-state index in [0.29, 0.717) is 53.7 Å². The van der Waals surface area contributed by atoms with E-state index in [-0.39, 0.29) is 11.8 Å². The maximum absolute atomic E-state index is 12.7. The molecule has 1 aromatic carbocycles. The lowest BCUT2D eigenvalue weighted by atomic mass is 10.1. The first-order chi connectivity index (χ1) is 13.1. The van der Waals surface area contributed by atoms with Gasteiger partial charge in [0.15, 0.2) is 17.3 Å². The number of nitrogens with two attached hydrogens (primary N) is 1. The van der Waals surface area contributed by atoms with Crippen molar-refractivity contribution in [1.29, 1.82) is 0 Å². The third-order valence-corrected chi connectivity index (χ3v) is 4.81. The van der Waals surface area contributed by atoms with Gasteiger partial charge in [-0.05, 0) is 25.5 Å². The fourth-order valence-electron chi connectivity index (χ4n) is 3.41. The van der Waals surface area contributed by atoms with Crippen LogP contribution >= 0.6 is 0 Å². The van der Waals surface area contributed by atoms with E-state index >= 15 is 0 Å². The first-order valence-corrected chi connectivity index (χ1v) is 9.28. The molecule has 1 aromatic heterocycles. The van der Waals surface area contributed by atoms with Gasteiger partial charge in [0.2, 0.25) is 5.95 Å². The van der Waals surface area contributed by atoms with Crippen molar-refractivity contribution in [3.05, 3.63) is 12.1 Å². The number of methoxy groups -OCH3 is 2. The maximum Gasteiger partial charge on any atom is 0.228 e.